The normalized spacial score (nSPS) is 15.0. The molecule has 1 fully saturated rings. The second-order valence-electron chi connectivity index (χ2n) is 8.45. The zero-order valence-corrected chi connectivity index (χ0v) is 20.0. The summed E-state index contributed by atoms with van der Waals surface area (Å²) in [5, 5.41) is 8.86. The van der Waals surface area contributed by atoms with E-state index < -0.39 is 10.8 Å². The lowest BCUT2D eigenvalue weighted by atomic mass is 10.1. The number of fused-ring (bicyclic) bond motifs is 1. The maximum atomic E-state index is 12.7. The Labute approximate surface area is 205 Å². The molecule has 0 aliphatic carbocycles. The molecule has 5 aromatic rings. The van der Waals surface area contributed by atoms with Crippen molar-refractivity contribution in [3.63, 3.8) is 0 Å². The highest BCUT2D eigenvalue weighted by Gasteiger charge is 2.22. The topological polar surface area (TPSA) is 84.5 Å². The van der Waals surface area contributed by atoms with E-state index in [1.165, 1.54) is 0 Å². The van der Waals surface area contributed by atoms with Crippen molar-refractivity contribution < 1.29 is 4.21 Å². The van der Waals surface area contributed by atoms with Crippen molar-refractivity contribution in [3.05, 3.63) is 79.6 Å². The largest absolute Gasteiger partial charge is 0.365 e. The summed E-state index contributed by atoms with van der Waals surface area (Å²) in [6.07, 6.45) is 11.2. The summed E-state index contributed by atoms with van der Waals surface area (Å²) in [4.78, 5) is 14.9. The van der Waals surface area contributed by atoms with Gasteiger partial charge in [0.2, 0.25) is 5.95 Å². The lowest BCUT2D eigenvalue weighted by Crippen LogP contribution is -2.47. The molecule has 1 unspecified atom stereocenters. The van der Waals surface area contributed by atoms with E-state index in [0.717, 1.165) is 53.4 Å². The molecule has 0 amide bonds. The number of pyridine rings is 1. The van der Waals surface area contributed by atoms with Gasteiger partial charge in [0.05, 0.1) is 39.3 Å². The van der Waals surface area contributed by atoms with Crippen molar-refractivity contribution in [3.8, 4) is 11.1 Å². The Kier molecular flexibility index (Phi) is 5.49. The molecule has 0 saturated carbocycles. The third-order valence-corrected chi connectivity index (χ3v) is 7.56. The summed E-state index contributed by atoms with van der Waals surface area (Å²) in [6, 6.07) is 13.6. The minimum atomic E-state index is -1.28. The Morgan fingerprint density at radius 3 is 2.20 bits per heavy atom. The van der Waals surface area contributed by atoms with Crippen molar-refractivity contribution in [2.24, 2.45) is 7.05 Å². The summed E-state index contributed by atoms with van der Waals surface area (Å²) >= 11 is 0. The number of aromatic nitrogens is 6. The van der Waals surface area contributed by atoms with E-state index in [1.807, 2.05) is 66.7 Å². The van der Waals surface area contributed by atoms with Gasteiger partial charge in [-0.25, -0.2) is 18.7 Å². The van der Waals surface area contributed by atoms with Gasteiger partial charge in [0, 0.05) is 74.0 Å². The number of nitrogens with zero attached hydrogens (tertiary/aromatic N) is 8. The van der Waals surface area contributed by atoms with Crippen molar-refractivity contribution >= 4 is 28.0 Å². The van der Waals surface area contributed by atoms with E-state index in [9.17, 15) is 4.21 Å². The fourth-order valence-corrected chi connectivity index (χ4v) is 5.32. The molecule has 1 saturated heterocycles. The molecular weight excluding hydrogens is 460 g/mol. The van der Waals surface area contributed by atoms with Gasteiger partial charge < -0.3 is 9.80 Å². The van der Waals surface area contributed by atoms with Crippen molar-refractivity contribution in [1.29, 1.82) is 0 Å². The average molecular weight is 485 g/mol. The summed E-state index contributed by atoms with van der Waals surface area (Å²) in [7, 11) is 0.637. The van der Waals surface area contributed by atoms with Gasteiger partial charge in [-0.2, -0.15) is 10.2 Å². The average Bonchev–Trinajstić information content (AvgIpc) is 3.55. The summed E-state index contributed by atoms with van der Waals surface area (Å²) < 4.78 is 16.4. The van der Waals surface area contributed by atoms with Crippen LogP contribution in [0.4, 0.5) is 11.6 Å². The van der Waals surface area contributed by atoms with E-state index >= 15 is 0 Å². The van der Waals surface area contributed by atoms with Crippen LogP contribution in [-0.4, -0.2) is 59.8 Å². The smallest absolute Gasteiger partial charge is 0.225 e. The molecule has 4 aromatic heterocycles. The molecule has 0 spiro atoms. The van der Waals surface area contributed by atoms with Crippen LogP contribution in [0, 0.1) is 0 Å². The first-order chi connectivity index (χ1) is 17.2. The van der Waals surface area contributed by atoms with Crippen molar-refractivity contribution in [1.82, 2.24) is 29.4 Å². The molecule has 1 aliphatic heterocycles. The molecule has 0 bridgehead atoms. The van der Waals surface area contributed by atoms with Crippen LogP contribution in [0.15, 0.2) is 89.4 Å². The van der Waals surface area contributed by atoms with E-state index in [1.54, 1.807) is 17.1 Å². The molecule has 35 heavy (non-hydrogen) atoms. The number of benzene rings is 1. The Morgan fingerprint density at radius 1 is 0.743 bits per heavy atom. The van der Waals surface area contributed by atoms with Crippen LogP contribution in [0.3, 0.4) is 0 Å². The number of anilines is 2. The Morgan fingerprint density at radius 2 is 1.49 bits per heavy atom. The summed E-state index contributed by atoms with van der Waals surface area (Å²) in [6.45, 7) is 3.28. The standard InChI is InChI=1S/C25H24N8OS/c1-30-17-20(13-28-30)19-7-8-23-24(16-29-33(23)18-19)31-9-11-32(12-10-31)25-26-14-22(15-27-25)35(34)21-5-3-2-4-6-21/h2-8,13-18H,9-12H2,1H3. The number of piperazine rings is 1. The molecule has 0 radical (unpaired) electrons. The molecule has 0 N–H and O–H groups in total. The maximum Gasteiger partial charge on any atom is 0.225 e. The summed E-state index contributed by atoms with van der Waals surface area (Å²) in [5.74, 6) is 0.666. The fraction of sp³-hybridized carbons (Fsp3) is 0.200. The van der Waals surface area contributed by atoms with E-state index in [4.69, 9.17) is 0 Å². The zero-order chi connectivity index (χ0) is 23.8. The first-order valence-corrected chi connectivity index (χ1v) is 12.6. The second-order valence-corrected chi connectivity index (χ2v) is 9.93. The third kappa shape index (κ3) is 4.17. The minimum absolute atomic E-state index is 0.607. The van der Waals surface area contributed by atoms with Gasteiger partial charge in [-0.1, -0.05) is 24.3 Å². The van der Waals surface area contributed by atoms with Crippen LogP contribution in [0.25, 0.3) is 16.6 Å². The molecule has 5 heterocycles. The van der Waals surface area contributed by atoms with Crippen LogP contribution in [0.2, 0.25) is 0 Å². The molecule has 1 atom stereocenters. The predicted octanol–water partition coefficient (Wildman–Crippen LogP) is 3.02. The van der Waals surface area contributed by atoms with Crippen molar-refractivity contribution in [2.45, 2.75) is 9.79 Å². The monoisotopic (exact) mass is 484 g/mol. The molecular formula is C25H24N8OS. The van der Waals surface area contributed by atoms with Crippen LogP contribution in [0.1, 0.15) is 0 Å². The highest BCUT2D eigenvalue weighted by Crippen LogP contribution is 2.27. The van der Waals surface area contributed by atoms with Crippen molar-refractivity contribution in [2.75, 3.05) is 36.0 Å². The van der Waals surface area contributed by atoms with Gasteiger partial charge in [0.1, 0.15) is 0 Å². The van der Waals surface area contributed by atoms with Gasteiger partial charge in [-0.05, 0) is 18.2 Å². The highest BCUT2D eigenvalue weighted by molar-refractivity contribution is 7.85. The number of aryl methyl sites for hydroxylation is 1. The first-order valence-electron chi connectivity index (χ1n) is 11.4. The van der Waals surface area contributed by atoms with Gasteiger partial charge >= 0.3 is 0 Å². The molecule has 10 heteroatoms. The Balaban J connectivity index is 1.13. The molecule has 1 aliphatic rings. The zero-order valence-electron chi connectivity index (χ0n) is 19.2. The first kappa shape index (κ1) is 21.5. The Hall–Kier alpha value is -4.05. The number of rotatable bonds is 5. The van der Waals surface area contributed by atoms with E-state index in [0.29, 0.717) is 10.8 Å². The van der Waals surface area contributed by atoms with Crippen LogP contribution in [0.5, 0.6) is 0 Å². The van der Waals surface area contributed by atoms with Crippen LogP contribution < -0.4 is 9.80 Å². The van der Waals surface area contributed by atoms with Crippen LogP contribution in [-0.2, 0) is 17.8 Å². The quantitative estimate of drug-likeness (QED) is 0.379. The molecule has 1 aromatic carbocycles. The lowest BCUT2D eigenvalue weighted by Gasteiger charge is -2.35. The van der Waals surface area contributed by atoms with E-state index in [2.05, 4.69) is 42.1 Å². The highest BCUT2D eigenvalue weighted by atomic mass is 32.2. The van der Waals surface area contributed by atoms with Gasteiger partial charge in [-0.3, -0.25) is 4.68 Å². The van der Waals surface area contributed by atoms with Crippen LogP contribution >= 0.6 is 0 Å². The van der Waals surface area contributed by atoms with Gasteiger partial charge in [0.25, 0.3) is 0 Å². The number of hydrogen-bond acceptors (Lipinski definition) is 7. The molecule has 176 valence electrons. The Bertz CT molecular complexity index is 1490. The second kappa shape index (κ2) is 8.95. The third-order valence-electron chi connectivity index (χ3n) is 6.22. The summed E-state index contributed by atoms with van der Waals surface area (Å²) in [5.41, 5.74) is 4.35. The fourth-order valence-electron chi connectivity index (χ4n) is 4.35. The molecule has 6 rings (SSSR count). The lowest BCUT2D eigenvalue weighted by molar-refractivity contribution is 0.640. The predicted molar refractivity (Wildman–Crippen MR) is 135 cm³/mol. The SMILES string of the molecule is Cn1cc(-c2ccc3c(N4CCN(c5ncc(S(=O)c6ccccc6)cn5)CC4)cnn3c2)cn1. The maximum absolute atomic E-state index is 12.7. The molecule has 9 nitrogen and oxygen atoms in total. The number of hydrogen-bond donors (Lipinski definition) is 0. The van der Waals surface area contributed by atoms with Gasteiger partial charge in [-0.15, -0.1) is 0 Å². The van der Waals surface area contributed by atoms with Gasteiger partial charge in [0.15, 0.2) is 0 Å². The van der Waals surface area contributed by atoms with E-state index in [-0.39, 0.29) is 0 Å². The minimum Gasteiger partial charge on any atom is -0.365 e.